The molecule has 0 fully saturated rings. The van der Waals surface area contributed by atoms with Gasteiger partial charge in [0.05, 0.1) is 25.7 Å². The van der Waals surface area contributed by atoms with Gasteiger partial charge in [-0.1, -0.05) is 15.9 Å². The number of rotatable bonds is 5. The van der Waals surface area contributed by atoms with Gasteiger partial charge >= 0.3 is 0 Å². The van der Waals surface area contributed by atoms with Crippen molar-refractivity contribution < 1.29 is 9.15 Å². The van der Waals surface area contributed by atoms with Crippen molar-refractivity contribution in [1.82, 2.24) is 5.43 Å². The van der Waals surface area contributed by atoms with E-state index >= 15 is 0 Å². The highest BCUT2D eigenvalue weighted by atomic mass is 79.9. The predicted octanol–water partition coefficient (Wildman–Crippen LogP) is 2.80. The summed E-state index contributed by atoms with van der Waals surface area (Å²) in [5, 5.41) is 0. The second kappa shape index (κ2) is 6.04. The van der Waals surface area contributed by atoms with E-state index in [0.29, 0.717) is 0 Å². The zero-order chi connectivity index (χ0) is 13.0. The molecule has 18 heavy (non-hydrogen) atoms. The van der Waals surface area contributed by atoms with Crippen molar-refractivity contribution in [3.63, 3.8) is 0 Å². The maximum atomic E-state index is 5.60. The fraction of sp³-hybridized carbons (Fsp3) is 0.231. The summed E-state index contributed by atoms with van der Waals surface area (Å²) in [4.78, 5) is 0. The Hall–Kier alpha value is -1.30. The molecular weight excluding hydrogens is 296 g/mol. The van der Waals surface area contributed by atoms with Gasteiger partial charge in [0.15, 0.2) is 0 Å². The minimum absolute atomic E-state index is 0.00745. The van der Waals surface area contributed by atoms with Crippen molar-refractivity contribution >= 4 is 15.9 Å². The lowest BCUT2D eigenvalue weighted by atomic mass is 10.0. The molecule has 0 saturated heterocycles. The minimum Gasteiger partial charge on any atom is -0.496 e. The molecule has 2 aromatic rings. The summed E-state index contributed by atoms with van der Waals surface area (Å²) in [7, 11) is 1.66. The van der Waals surface area contributed by atoms with E-state index in [4.69, 9.17) is 15.0 Å². The average molecular weight is 311 g/mol. The molecule has 1 atom stereocenters. The monoisotopic (exact) mass is 310 g/mol. The van der Waals surface area contributed by atoms with Crippen LogP contribution in [0.4, 0.5) is 0 Å². The quantitative estimate of drug-likeness (QED) is 0.658. The standard InChI is InChI=1S/C13H15BrN2O2/c1-17-13-3-2-11(14)6-10(13)7-12(16-15)9-4-5-18-8-9/h2-6,8,12,16H,7,15H2,1H3. The van der Waals surface area contributed by atoms with Crippen molar-refractivity contribution in [2.75, 3.05) is 7.11 Å². The first-order valence-electron chi connectivity index (χ1n) is 5.55. The number of methoxy groups -OCH3 is 1. The zero-order valence-corrected chi connectivity index (χ0v) is 11.6. The summed E-state index contributed by atoms with van der Waals surface area (Å²) >= 11 is 3.46. The molecule has 2 rings (SSSR count). The maximum absolute atomic E-state index is 5.60. The Kier molecular flexibility index (Phi) is 4.41. The molecule has 1 aromatic carbocycles. The molecule has 0 aliphatic carbocycles. The Morgan fingerprint density at radius 3 is 2.89 bits per heavy atom. The highest BCUT2D eigenvalue weighted by Gasteiger charge is 2.14. The Labute approximate surface area is 114 Å². The van der Waals surface area contributed by atoms with Crippen LogP contribution in [0.3, 0.4) is 0 Å². The fourth-order valence-corrected chi connectivity index (χ4v) is 2.28. The summed E-state index contributed by atoms with van der Waals surface area (Å²) < 4.78 is 11.4. The lowest BCUT2D eigenvalue weighted by Gasteiger charge is -2.16. The highest BCUT2D eigenvalue weighted by Crippen LogP contribution is 2.27. The Morgan fingerprint density at radius 2 is 2.28 bits per heavy atom. The molecule has 0 bridgehead atoms. The van der Waals surface area contributed by atoms with E-state index in [1.54, 1.807) is 19.6 Å². The van der Waals surface area contributed by atoms with Crippen LogP contribution in [-0.4, -0.2) is 7.11 Å². The molecule has 1 unspecified atom stereocenters. The van der Waals surface area contributed by atoms with Crippen molar-refractivity contribution in [3.8, 4) is 5.75 Å². The van der Waals surface area contributed by atoms with Crippen LogP contribution < -0.4 is 16.0 Å². The summed E-state index contributed by atoms with van der Waals surface area (Å²) in [5.41, 5.74) is 4.89. The predicted molar refractivity (Wildman–Crippen MR) is 73.2 cm³/mol. The van der Waals surface area contributed by atoms with Crippen molar-refractivity contribution in [2.24, 2.45) is 5.84 Å². The van der Waals surface area contributed by atoms with Crippen LogP contribution in [0.2, 0.25) is 0 Å². The molecule has 0 saturated carbocycles. The number of furan rings is 1. The first kappa shape index (κ1) is 13.1. The number of ether oxygens (including phenoxy) is 1. The van der Waals surface area contributed by atoms with Gasteiger partial charge in [-0.3, -0.25) is 11.3 Å². The van der Waals surface area contributed by atoms with Gasteiger partial charge in [0, 0.05) is 10.0 Å². The maximum Gasteiger partial charge on any atom is 0.122 e. The highest BCUT2D eigenvalue weighted by molar-refractivity contribution is 9.10. The molecule has 4 nitrogen and oxygen atoms in total. The number of hydrogen-bond acceptors (Lipinski definition) is 4. The zero-order valence-electron chi connectivity index (χ0n) is 10.0. The molecule has 0 aliphatic rings. The molecule has 0 radical (unpaired) electrons. The third-order valence-electron chi connectivity index (χ3n) is 2.81. The van der Waals surface area contributed by atoms with Crippen LogP contribution >= 0.6 is 15.9 Å². The van der Waals surface area contributed by atoms with Crippen LogP contribution in [0.25, 0.3) is 0 Å². The van der Waals surface area contributed by atoms with E-state index in [1.807, 2.05) is 24.3 Å². The Balaban J connectivity index is 2.24. The number of nitrogens with two attached hydrogens (primary N) is 1. The Bertz CT molecular complexity index is 500. The number of hydrazine groups is 1. The largest absolute Gasteiger partial charge is 0.496 e. The van der Waals surface area contributed by atoms with Crippen LogP contribution in [0.1, 0.15) is 17.2 Å². The number of halogens is 1. The van der Waals surface area contributed by atoms with Crippen molar-refractivity contribution in [3.05, 3.63) is 52.4 Å². The van der Waals surface area contributed by atoms with E-state index in [9.17, 15) is 0 Å². The molecule has 3 N–H and O–H groups in total. The second-order valence-electron chi connectivity index (χ2n) is 3.94. The van der Waals surface area contributed by atoms with E-state index in [0.717, 1.165) is 27.8 Å². The van der Waals surface area contributed by atoms with Crippen molar-refractivity contribution in [2.45, 2.75) is 12.5 Å². The topological polar surface area (TPSA) is 60.4 Å². The molecule has 0 amide bonds. The summed E-state index contributed by atoms with van der Waals surface area (Å²) in [6.45, 7) is 0. The van der Waals surface area contributed by atoms with Gasteiger partial charge in [-0.05, 0) is 36.2 Å². The van der Waals surface area contributed by atoms with Crippen LogP contribution in [-0.2, 0) is 6.42 Å². The molecule has 96 valence electrons. The van der Waals surface area contributed by atoms with Gasteiger partial charge in [0.25, 0.3) is 0 Å². The van der Waals surface area contributed by atoms with E-state index in [2.05, 4.69) is 21.4 Å². The molecule has 0 spiro atoms. The van der Waals surface area contributed by atoms with Gasteiger partial charge in [-0.25, -0.2) is 0 Å². The molecule has 5 heteroatoms. The number of nitrogens with one attached hydrogen (secondary N) is 1. The fourth-order valence-electron chi connectivity index (χ4n) is 1.87. The molecule has 0 aliphatic heterocycles. The van der Waals surface area contributed by atoms with Crippen molar-refractivity contribution in [1.29, 1.82) is 0 Å². The summed E-state index contributed by atoms with van der Waals surface area (Å²) in [5.74, 6) is 6.45. The lowest BCUT2D eigenvalue weighted by molar-refractivity contribution is 0.405. The first-order valence-corrected chi connectivity index (χ1v) is 6.34. The van der Waals surface area contributed by atoms with Gasteiger partial charge in [-0.15, -0.1) is 0 Å². The smallest absolute Gasteiger partial charge is 0.122 e. The van der Waals surface area contributed by atoms with Crippen LogP contribution in [0, 0.1) is 0 Å². The normalized spacial score (nSPS) is 12.4. The van der Waals surface area contributed by atoms with Gasteiger partial charge in [0.2, 0.25) is 0 Å². The van der Waals surface area contributed by atoms with Gasteiger partial charge in [0.1, 0.15) is 5.75 Å². The Morgan fingerprint density at radius 1 is 1.44 bits per heavy atom. The SMILES string of the molecule is COc1ccc(Br)cc1CC(NN)c1ccoc1. The molecule has 1 heterocycles. The second-order valence-corrected chi connectivity index (χ2v) is 4.85. The number of benzene rings is 1. The number of hydrogen-bond donors (Lipinski definition) is 2. The third-order valence-corrected chi connectivity index (χ3v) is 3.31. The van der Waals surface area contributed by atoms with Crippen LogP contribution in [0.15, 0.2) is 45.7 Å². The van der Waals surface area contributed by atoms with Crippen LogP contribution in [0.5, 0.6) is 5.75 Å². The van der Waals surface area contributed by atoms with E-state index < -0.39 is 0 Å². The van der Waals surface area contributed by atoms with E-state index in [1.165, 1.54) is 0 Å². The van der Waals surface area contributed by atoms with Gasteiger partial charge < -0.3 is 9.15 Å². The van der Waals surface area contributed by atoms with E-state index in [-0.39, 0.29) is 6.04 Å². The molecule has 1 aromatic heterocycles. The minimum atomic E-state index is -0.00745. The molecular formula is C13H15BrN2O2. The average Bonchev–Trinajstić information content (AvgIpc) is 2.90. The first-order chi connectivity index (χ1) is 8.74. The van der Waals surface area contributed by atoms with Gasteiger partial charge in [-0.2, -0.15) is 0 Å². The lowest BCUT2D eigenvalue weighted by Crippen LogP contribution is -2.29. The third kappa shape index (κ3) is 2.93. The summed E-state index contributed by atoms with van der Waals surface area (Å²) in [6, 6.07) is 7.80. The summed E-state index contributed by atoms with van der Waals surface area (Å²) in [6.07, 6.45) is 4.05.